The van der Waals surface area contributed by atoms with Gasteiger partial charge in [0.05, 0.1) is 26.4 Å². The van der Waals surface area contributed by atoms with E-state index in [0.29, 0.717) is 31.4 Å². The van der Waals surface area contributed by atoms with Crippen LogP contribution in [0, 0.1) is 0 Å². The molecule has 0 spiro atoms. The summed E-state index contributed by atoms with van der Waals surface area (Å²) in [5, 5.41) is 11.0. The summed E-state index contributed by atoms with van der Waals surface area (Å²) in [4.78, 5) is 0. The van der Waals surface area contributed by atoms with Gasteiger partial charge in [0, 0.05) is 5.56 Å². The number of phenols is 1. The van der Waals surface area contributed by atoms with Gasteiger partial charge >= 0.3 is 15.2 Å². The summed E-state index contributed by atoms with van der Waals surface area (Å²) in [7, 11) is -8.07. The molecule has 7 nitrogen and oxygen atoms in total. The minimum absolute atomic E-state index is 0.0570. The lowest BCUT2D eigenvalue weighted by molar-refractivity contribution is 0.199. The molecule has 0 heterocycles. The van der Waals surface area contributed by atoms with Crippen molar-refractivity contribution in [1.29, 1.82) is 0 Å². The lowest BCUT2D eigenvalue weighted by atomic mass is 9.83. The van der Waals surface area contributed by atoms with Crippen molar-refractivity contribution in [1.82, 2.24) is 0 Å². The molecule has 0 amide bonds. The fourth-order valence-corrected chi connectivity index (χ4v) is 8.99. The SMILES string of the molecule is CCCOP(=O)(OCCC)C(=Cc1cc(C(C)(C)C)c(O)c2c1CCC2)P(=O)(OCCC)OCCC. The molecular weight excluding hydrogens is 498 g/mol. The molecule has 0 fully saturated rings. The zero-order valence-electron chi connectivity index (χ0n) is 23.2. The molecule has 0 saturated heterocycles. The number of hydrogen-bond donors (Lipinski definition) is 1. The maximum absolute atomic E-state index is 14.4. The Morgan fingerprint density at radius 3 is 1.64 bits per heavy atom. The highest BCUT2D eigenvalue weighted by atomic mass is 31.2. The smallest absolute Gasteiger partial charge is 0.369 e. The van der Waals surface area contributed by atoms with Crippen LogP contribution in [0.1, 0.15) is 103 Å². The zero-order valence-corrected chi connectivity index (χ0v) is 25.0. The maximum atomic E-state index is 14.4. The predicted molar refractivity (Wildman–Crippen MR) is 147 cm³/mol. The van der Waals surface area contributed by atoms with Crippen LogP contribution >= 0.6 is 15.2 Å². The lowest BCUT2D eigenvalue weighted by Gasteiger charge is -2.28. The fourth-order valence-electron chi connectivity index (χ4n) is 4.13. The first kappa shape index (κ1) is 31.3. The molecule has 1 N–H and O–H groups in total. The van der Waals surface area contributed by atoms with Gasteiger partial charge in [-0.15, -0.1) is 0 Å². The van der Waals surface area contributed by atoms with Crippen molar-refractivity contribution in [3.05, 3.63) is 33.4 Å². The number of benzene rings is 1. The third kappa shape index (κ3) is 7.56. The van der Waals surface area contributed by atoms with Crippen LogP contribution in [0.3, 0.4) is 0 Å². The van der Waals surface area contributed by atoms with Crippen LogP contribution < -0.4 is 0 Å². The molecule has 0 saturated carbocycles. The van der Waals surface area contributed by atoms with Gasteiger partial charge in [-0.05, 0) is 79.2 Å². The molecule has 0 aliphatic heterocycles. The highest BCUT2D eigenvalue weighted by Gasteiger charge is 2.46. The van der Waals surface area contributed by atoms with E-state index in [4.69, 9.17) is 18.1 Å². The minimum atomic E-state index is -4.04. The largest absolute Gasteiger partial charge is 0.507 e. The standard InChI is InChI=1S/C27H46O7P2/c1-8-15-31-35(29,32-16-9-2)25(36(30,33-17-10-3)34-18-11-4)20-21-19-24(27(5,6)7)26(28)23-14-12-13-22(21)23/h19-20,28H,8-18H2,1-7H3. The Labute approximate surface area is 218 Å². The van der Waals surface area contributed by atoms with Crippen molar-refractivity contribution in [3.63, 3.8) is 0 Å². The van der Waals surface area contributed by atoms with Crippen LogP contribution in [0.5, 0.6) is 5.75 Å². The van der Waals surface area contributed by atoms with E-state index in [0.717, 1.165) is 41.5 Å². The number of hydrogen-bond acceptors (Lipinski definition) is 7. The van der Waals surface area contributed by atoms with E-state index in [1.54, 1.807) is 6.08 Å². The van der Waals surface area contributed by atoms with Crippen LogP contribution in [0.2, 0.25) is 0 Å². The summed E-state index contributed by atoms with van der Waals surface area (Å²) < 4.78 is 52.1. The number of aromatic hydroxyl groups is 1. The van der Waals surface area contributed by atoms with Crippen LogP contribution in [0.4, 0.5) is 0 Å². The second kappa shape index (κ2) is 13.7. The van der Waals surface area contributed by atoms with Gasteiger partial charge in [-0.2, -0.15) is 0 Å². The summed E-state index contributed by atoms with van der Waals surface area (Å²) in [6.45, 7) is 14.5. The van der Waals surface area contributed by atoms with Gasteiger partial charge < -0.3 is 23.2 Å². The van der Waals surface area contributed by atoms with Gasteiger partial charge in [-0.25, -0.2) is 0 Å². The van der Waals surface area contributed by atoms with Crippen LogP contribution in [0.15, 0.2) is 11.1 Å². The molecule has 0 bridgehead atoms. The Hall–Kier alpha value is -0.940. The minimum Gasteiger partial charge on any atom is -0.507 e. The van der Waals surface area contributed by atoms with E-state index >= 15 is 0 Å². The molecule has 1 aliphatic rings. The molecule has 1 aromatic carbocycles. The van der Waals surface area contributed by atoms with Crippen molar-refractivity contribution < 1.29 is 32.3 Å². The number of phenolic OH excluding ortho intramolecular Hbond substituents is 1. The average molecular weight is 545 g/mol. The van der Waals surface area contributed by atoms with Crippen LogP contribution in [0.25, 0.3) is 6.08 Å². The first-order chi connectivity index (χ1) is 17.0. The molecule has 0 radical (unpaired) electrons. The molecular formula is C27H46O7P2. The normalized spacial score (nSPS) is 14.2. The van der Waals surface area contributed by atoms with Crippen LogP contribution in [-0.2, 0) is 45.5 Å². The highest BCUT2D eigenvalue weighted by molar-refractivity contribution is 7.79. The Balaban J connectivity index is 2.87. The van der Waals surface area contributed by atoms with Crippen molar-refractivity contribution in [2.45, 2.75) is 98.8 Å². The first-order valence-electron chi connectivity index (χ1n) is 13.4. The molecule has 0 atom stereocenters. The maximum Gasteiger partial charge on any atom is 0.369 e. The second-order valence-corrected chi connectivity index (χ2v) is 14.6. The van der Waals surface area contributed by atoms with E-state index < -0.39 is 15.2 Å². The van der Waals surface area contributed by atoms with Gasteiger partial charge in [0.15, 0.2) is 5.06 Å². The van der Waals surface area contributed by atoms with Gasteiger partial charge in [0.1, 0.15) is 5.75 Å². The topological polar surface area (TPSA) is 91.3 Å². The highest BCUT2D eigenvalue weighted by Crippen LogP contribution is 2.74. The van der Waals surface area contributed by atoms with E-state index in [9.17, 15) is 14.2 Å². The Bertz CT molecular complexity index is 935. The first-order valence-corrected chi connectivity index (χ1v) is 16.4. The monoisotopic (exact) mass is 544 g/mol. The van der Waals surface area contributed by atoms with Gasteiger partial charge in [-0.3, -0.25) is 9.13 Å². The molecule has 206 valence electrons. The Morgan fingerprint density at radius 2 is 1.25 bits per heavy atom. The average Bonchev–Trinajstić information content (AvgIpc) is 3.33. The Morgan fingerprint density at radius 1 is 0.833 bits per heavy atom. The zero-order chi connectivity index (χ0) is 27.0. The second-order valence-electron chi connectivity index (χ2n) is 10.3. The number of rotatable bonds is 15. The van der Waals surface area contributed by atoms with E-state index in [2.05, 4.69) is 0 Å². The molecule has 2 rings (SSSR count). The summed E-state index contributed by atoms with van der Waals surface area (Å²) in [5.74, 6) is 0.314. The third-order valence-electron chi connectivity index (χ3n) is 5.92. The third-order valence-corrected chi connectivity index (χ3v) is 10.9. The molecule has 9 heteroatoms. The molecule has 0 unspecified atom stereocenters. The Kier molecular flexibility index (Phi) is 11.9. The van der Waals surface area contributed by atoms with Crippen molar-refractivity contribution >= 4 is 21.3 Å². The van der Waals surface area contributed by atoms with Crippen molar-refractivity contribution in [2.24, 2.45) is 0 Å². The van der Waals surface area contributed by atoms with Gasteiger partial charge in [0.25, 0.3) is 0 Å². The summed E-state index contributed by atoms with van der Waals surface area (Å²) >= 11 is 0. The number of fused-ring (bicyclic) bond motifs is 1. The fraction of sp³-hybridized carbons (Fsp3) is 0.704. The molecule has 36 heavy (non-hydrogen) atoms. The van der Waals surface area contributed by atoms with Gasteiger partial charge in [-0.1, -0.05) is 48.5 Å². The molecule has 0 aromatic heterocycles. The quantitative estimate of drug-likeness (QED) is 0.221. The summed E-state index contributed by atoms with van der Waals surface area (Å²) in [5.41, 5.74) is 3.07. The van der Waals surface area contributed by atoms with Crippen molar-refractivity contribution in [2.75, 3.05) is 26.4 Å². The van der Waals surface area contributed by atoms with E-state index in [1.165, 1.54) is 0 Å². The lowest BCUT2D eigenvalue weighted by Crippen LogP contribution is -2.13. The van der Waals surface area contributed by atoms with Crippen molar-refractivity contribution in [3.8, 4) is 5.75 Å². The van der Waals surface area contributed by atoms with Gasteiger partial charge in [0.2, 0.25) is 0 Å². The summed E-state index contributed by atoms with van der Waals surface area (Å²) in [6, 6.07) is 1.91. The predicted octanol–water partition coefficient (Wildman–Crippen LogP) is 8.57. The van der Waals surface area contributed by atoms with E-state index in [1.807, 2.05) is 54.5 Å². The summed E-state index contributed by atoms with van der Waals surface area (Å²) in [6.07, 6.45) is 6.54. The van der Waals surface area contributed by atoms with E-state index in [-0.39, 0.29) is 36.9 Å². The molecule has 1 aliphatic carbocycles. The molecule has 1 aromatic rings. The van der Waals surface area contributed by atoms with Crippen LogP contribution in [-0.4, -0.2) is 31.5 Å².